The Morgan fingerprint density at radius 2 is 2.33 bits per heavy atom. The lowest BCUT2D eigenvalue weighted by Crippen LogP contribution is -2.12. The zero-order valence-electron chi connectivity index (χ0n) is 11.3. The van der Waals surface area contributed by atoms with Crippen molar-refractivity contribution in [2.24, 2.45) is 5.73 Å². The van der Waals surface area contributed by atoms with E-state index in [1.54, 1.807) is 0 Å². The highest BCUT2D eigenvalue weighted by atomic mass is 32.1. The number of amides is 1. The number of nitrogens with two attached hydrogens (primary N) is 1. The second kappa shape index (κ2) is 6.92. The van der Waals surface area contributed by atoms with E-state index in [2.05, 4.69) is 26.7 Å². The number of aromatic nitrogens is 2. The summed E-state index contributed by atoms with van der Waals surface area (Å²) < 4.78 is 17.3. The third-order valence-corrected chi connectivity index (χ3v) is 3.41. The number of carbonyl (C=O) groups excluding carboxylic acids is 1. The lowest BCUT2D eigenvalue weighted by molar-refractivity contribution is 0.102. The predicted octanol–water partition coefficient (Wildman–Crippen LogP) is 1.80. The van der Waals surface area contributed by atoms with Crippen LogP contribution in [0.2, 0.25) is 0 Å². The van der Waals surface area contributed by atoms with Crippen molar-refractivity contribution in [1.29, 1.82) is 0 Å². The van der Waals surface area contributed by atoms with E-state index in [4.69, 9.17) is 5.73 Å². The topological polar surface area (TPSA) is 80.9 Å². The summed E-state index contributed by atoms with van der Waals surface area (Å²) in [6.45, 7) is 2.04. The Bertz CT molecular complexity index is 717. The first-order valence-corrected chi connectivity index (χ1v) is 7.04. The van der Waals surface area contributed by atoms with Gasteiger partial charge < -0.3 is 11.1 Å². The normalized spacial score (nSPS) is 9.86. The minimum absolute atomic E-state index is 0.141. The van der Waals surface area contributed by atoms with E-state index in [0.29, 0.717) is 22.7 Å². The van der Waals surface area contributed by atoms with Gasteiger partial charge in [-0.1, -0.05) is 23.3 Å². The van der Waals surface area contributed by atoms with Crippen molar-refractivity contribution in [3.8, 4) is 11.8 Å². The van der Waals surface area contributed by atoms with E-state index in [-0.39, 0.29) is 18.0 Å². The molecule has 0 aliphatic heterocycles. The van der Waals surface area contributed by atoms with Crippen molar-refractivity contribution >= 4 is 23.1 Å². The van der Waals surface area contributed by atoms with E-state index in [1.807, 2.05) is 6.92 Å². The molecule has 0 aliphatic carbocycles. The SMILES string of the molecule is CCc1nnsc1C(=O)Nc1ccc(F)c(C#CCN)c1. The molecule has 1 heterocycles. The van der Waals surface area contributed by atoms with Gasteiger partial charge in [0.05, 0.1) is 17.8 Å². The molecule has 1 amide bonds. The van der Waals surface area contributed by atoms with E-state index >= 15 is 0 Å². The first-order chi connectivity index (χ1) is 10.2. The molecule has 0 fully saturated rings. The van der Waals surface area contributed by atoms with Gasteiger partial charge in [0.1, 0.15) is 10.7 Å². The highest BCUT2D eigenvalue weighted by molar-refractivity contribution is 7.08. The zero-order valence-corrected chi connectivity index (χ0v) is 12.1. The highest BCUT2D eigenvalue weighted by Gasteiger charge is 2.15. The molecule has 108 valence electrons. The molecule has 5 nitrogen and oxygen atoms in total. The smallest absolute Gasteiger partial charge is 0.269 e. The monoisotopic (exact) mass is 304 g/mol. The Hall–Kier alpha value is -2.30. The molecule has 0 unspecified atom stereocenters. The van der Waals surface area contributed by atoms with Crippen LogP contribution in [0.1, 0.15) is 27.9 Å². The van der Waals surface area contributed by atoms with Gasteiger partial charge in [-0.05, 0) is 36.2 Å². The van der Waals surface area contributed by atoms with Crippen LogP contribution in [0.5, 0.6) is 0 Å². The number of hydrogen-bond acceptors (Lipinski definition) is 5. The number of aryl methyl sites for hydroxylation is 1. The Labute approximate surface area is 125 Å². The number of nitrogens with one attached hydrogen (secondary N) is 1. The number of carbonyl (C=O) groups is 1. The van der Waals surface area contributed by atoms with Gasteiger partial charge in [0.15, 0.2) is 0 Å². The second-order valence-corrected chi connectivity index (χ2v) is 4.81. The lowest BCUT2D eigenvalue weighted by atomic mass is 10.2. The molecule has 0 aliphatic rings. The summed E-state index contributed by atoms with van der Waals surface area (Å²) >= 11 is 1.03. The van der Waals surface area contributed by atoms with Crippen LogP contribution < -0.4 is 11.1 Å². The minimum atomic E-state index is -0.456. The van der Waals surface area contributed by atoms with Crippen molar-refractivity contribution in [3.05, 3.63) is 40.2 Å². The fourth-order valence-electron chi connectivity index (χ4n) is 1.65. The van der Waals surface area contributed by atoms with E-state index in [0.717, 1.165) is 11.5 Å². The summed E-state index contributed by atoms with van der Waals surface area (Å²) in [5.74, 6) is 4.43. The summed E-state index contributed by atoms with van der Waals surface area (Å²) in [4.78, 5) is 12.6. The van der Waals surface area contributed by atoms with Crippen molar-refractivity contribution in [1.82, 2.24) is 9.59 Å². The largest absolute Gasteiger partial charge is 0.321 e. The summed E-state index contributed by atoms with van der Waals surface area (Å²) in [5.41, 5.74) is 6.55. The van der Waals surface area contributed by atoms with Crippen molar-refractivity contribution < 1.29 is 9.18 Å². The highest BCUT2D eigenvalue weighted by Crippen LogP contribution is 2.17. The average molecular weight is 304 g/mol. The first kappa shape index (κ1) is 15.1. The molecule has 7 heteroatoms. The van der Waals surface area contributed by atoms with Gasteiger partial charge >= 0.3 is 0 Å². The third kappa shape index (κ3) is 3.62. The van der Waals surface area contributed by atoms with Crippen molar-refractivity contribution in [2.45, 2.75) is 13.3 Å². The van der Waals surface area contributed by atoms with Crippen molar-refractivity contribution in [3.63, 3.8) is 0 Å². The molecule has 0 atom stereocenters. The van der Waals surface area contributed by atoms with Crippen LogP contribution in [-0.2, 0) is 6.42 Å². The van der Waals surface area contributed by atoms with Gasteiger partial charge in [0.2, 0.25) is 0 Å². The first-order valence-electron chi connectivity index (χ1n) is 6.26. The van der Waals surface area contributed by atoms with Gasteiger partial charge in [0.25, 0.3) is 5.91 Å². The van der Waals surface area contributed by atoms with Gasteiger partial charge in [-0.3, -0.25) is 4.79 Å². The van der Waals surface area contributed by atoms with Crippen LogP contribution in [0.3, 0.4) is 0 Å². The van der Waals surface area contributed by atoms with Crippen LogP contribution in [0, 0.1) is 17.7 Å². The number of anilines is 1. The molecule has 0 radical (unpaired) electrons. The lowest BCUT2D eigenvalue weighted by Gasteiger charge is -2.05. The third-order valence-electron chi connectivity index (χ3n) is 2.65. The molecule has 2 aromatic rings. The Kier molecular flexibility index (Phi) is 4.98. The van der Waals surface area contributed by atoms with Crippen LogP contribution in [-0.4, -0.2) is 22.0 Å². The van der Waals surface area contributed by atoms with Gasteiger partial charge in [0, 0.05) is 5.69 Å². The molecule has 0 saturated heterocycles. The molecule has 3 N–H and O–H groups in total. The maximum Gasteiger partial charge on any atom is 0.269 e. The van der Waals surface area contributed by atoms with Crippen LogP contribution in [0.4, 0.5) is 10.1 Å². The molecular weight excluding hydrogens is 291 g/mol. The summed E-state index contributed by atoms with van der Waals surface area (Å²) in [6, 6.07) is 4.19. The molecule has 21 heavy (non-hydrogen) atoms. The van der Waals surface area contributed by atoms with Crippen LogP contribution in [0.15, 0.2) is 18.2 Å². The Morgan fingerprint density at radius 1 is 1.52 bits per heavy atom. The van der Waals surface area contributed by atoms with Gasteiger partial charge in [-0.25, -0.2) is 4.39 Å². The Morgan fingerprint density at radius 3 is 3.05 bits per heavy atom. The molecule has 0 bridgehead atoms. The van der Waals surface area contributed by atoms with Crippen LogP contribution in [0.25, 0.3) is 0 Å². The quantitative estimate of drug-likeness (QED) is 0.847. The number of nitrogens with zero attached hydrogens (tertiary/aromatic N) is 2. The standard InChI is InChI=1S/C14H13FN4OS/c1-2-12-13(21-19-18-12)14(20)17-10-5-6-11(15)9(8-10)4-3-7-16/h5-6,8H,2,7,16H2,1H3,(H,17,20). The average Bonchev–Trinajstić information content (AvgIpc) is 2.96. The molecule has 0 saturated carbocycles. The zero-order chi connectivity index (χ0) is 15.2. The fourth-order valence-corrected chi connectivity index (χ4v) is 2.29. The van der Waals surface area contributed by atoms with Crippen molar-refractivity contribution in [2.75, 3.05) is 11.9 Å². The fraction of sp³-hybridized carbons (Fsp3) is 0.214. The molecule has 1 aromatic heterocycles. The summed E-state index contributed by atoms with van der Waals surface area (Å²) in [6.07, 6.45) is 0.621. The maximum atomic E-state index is 13.5. The van der Waals surface area contributed by atoms with Crippen LogP contribution >= 0.6 is 11.5 Å². The Balaban J connectivity index is 2.22. The summed E-state index contributed by atoms with van der Waals surface area (Å²) in [5, 5.41) is 6.57. The van der Waals surface area contributed by atoms with E-state index in [1.165, 1.54) is 18.2 Å². The molecule has 2 rings (SSSR count). The van der Waals surface area contributed by atoms with E-state index < -0.39 is 5.82 Å². The van der Waals surface area contributed by atoms with Gasteiger partial charge in [-0.15, -0.1) is 5.10 Å². The maximum absolute atomic E-state index is 13.5. The minimum Gasteiger partial charge on any atom is -0.321 e. The number of hydrogen-bond donors (Lipinski definition) is 2. The second-order valence-electron chi connectivity index (χ2n) is 4.06. The molecule has 0 spiro atoms. The van der Waals surface area contributed by atoms with E-state index in [9.17, 15) is 9.18 Å². The molecular formula is C14H13FN4OS. The summed E-state index contributed by atoms with van der Waals surface area (Å²) in [7, 11) is 0. The number of benzene rings is 1. The number of halogens is 1. The predicted molar refractivity (Wildman–Crippen MR) is 79.6 cm³/mol. The molecule has 1 aromatic carbocycles. The van der Waals surface area contributed by atoms with Gasteiger partial charge in [-0.2, -0.15) is 0 Å². The number of rotatable bonds is 3.